The molecule has 5 nitrogen and oxygen atoms in total. The van der Waals surface area contributed by atoms with E-state index in [4.69, 9.17) is 21.1 Å². The molecule has 0 bridgehead atoms. The van der Waals surface area contributed by atoms with Gasteiger partial charge in [-0.05, 0) is 42.3 Å². The number of hydrogen-bond donors (Lipinski definition) is 1. The van der Waals surface area contributed by atoms with Crippen LogP contribution in [-0.4, -0.2) is 12.6 Å². The molecule has 0 amide bonds. The van der Waals surface area contributed by atoms with Crippen LogP contribution in [0.3, 0.4) is 0 Å². The van der Waals surface area contributed by atoms with Gasteiger partial charge in [0.2, 0.25) is 6.79 Å². The Labute approximate surface area is 193 Å². The molecule has 0 aromatic heterocycles. The Morgan fingerprint density at radius 1 is 1.16 bits per heavy atom. The van der Waals surface area contributed by atoms with E-state index < -0.39 is 11.8 Å². The van der Waals surface area contributed by atoms with Crippen molar-refractivity contribution in [1.29, 1.82) is 5.26 Å². The first-order valence-electron chi connectivity index (χ1n) is 9.93. The van der Waals surface area contributed by atoms with Gasteiger partial charge in [0, 0.05) is 39.1 Å². The van der Waals surface area contributed by atoms with Crippen molar-refractivity contribution in [2.75, 3.05) is 6.79 Å². The SMILES string of the molecule is CC1=C(C#N)C(c2cc3c(cc2Br)OCO3)C2C(=O)CC(c3ccc(Cl)cc3)C=C2N1. The first kappa shape index (κ1) is 20.2. The summed E-state index contributed by atoms with van der Waals surface area (Å²) in [5, 5.41) is 13.9. The van der Waals surface area contributed by atoms with Gasteiger partial charge in [0.1, 0.15) is 5.78 Å². The second-order valence-electron chi connectivity index (χ2n) is 7.91. The summed E-state index contributed by atoms with van der Waals surface area (Å²) in [6, 6.07) is 13.6. The number of carbonyl (C=O) groups excluding carboxylic acids is 1. The summed E-state index contributed by atoms with van der Waals surface area (Å²) in [6.07, 6.45) is 2.48. The number of benzene rings is 2. The fourth-order valence-corrected chi connectivity index (χ4v) is 5.34. The topological polar surface area (TPSA) is 71.3 Å². The van der Waals surface area contributed by atoms with E-state index in [1.54, 1.807) is 0 Å². The van der Waals surface area contributed by atoms with Crippen LogP contribution in [0.4, 0.5) is 0 Å². The van der Waals surface area contributed by atoms with Gasteiger partial charge in [-0.15, -0.1) is 0 Å². The van der Waals surface area contributed by atoms with Gasteiger partial charge in [0.05, 0.1) is 17.6 Å². The first-order chi connectivity index (χ1) is 15.0. The summed E-state index contributed by atoms with van der Waals surface area (Å²) in [5.41, 5.74) is 4.03. The Kier molecular flexibility index (Phi) is 5.04. The Morgan fingerprint density at radius 2 is 1.87 bits per heavy atom. The third-order valence-corrected chi connectivity index (χ3v) is 7.05. The molecule has 0 saturated carbocycles. The molecule has 2 aromatic rings. The van der Waals surface area contributed by atoms with E-state index >= 15 is 0 Å². The molecule has 0 spiro atoms. The largest absolute Gasteiger partial charge is 0.454 e. The van der Waals surface area contributed by atoms with Crippen molar-refractivity contribution in [3.63, 3.8) is 0 Å². The molecule has 5 rings (SSSR count). The van der Waals surface area contributed by atoms with E-state index in [2.05, 4.69) is 33.4 Å². The Balaban J connectivity index is 1.62. The van der Waals surface area contributed by atoms with Crippen LogP contribution in [0.2, 0.25) is 5.02 Å². The predicted octanol–water partition coefficient (Wildman–Crippen LogP) is 5.57. The Bertz CT molecular complexity index is 1200. The van der Waals surface area contributed by atoms with Crippen molar-refractivity contribution in [3.05, 3.63) is 80.1 Å². The fourth-order valence-electron chi connectivity index (χ4n) is 4.65. The van der Waals surface area contributed by atoms with Crippen LogP contribution in [0.1, 0.15) is 36.3 Å². The van der Waals surface area contributed by atoms with E-state index in [0.717, 1.165) is 27.0 Å². The molecule has 1 aliphatic carbocycles. The lowest BCUT2D eigenvalue weighted by Gasteiger charge is -2.38. The van der Waals surface area contributed by atoms with Crippen LogP contribution in [-0.2, 0) is 4.79 Å². The van der Waals surface area contributed by atoms with Gasteiger partial charge in [-0.25, -0.2) is 0 Å². The van der Waals surface area contributed by atoms with Crippen molar-refractivity contribution < 1.29 is 14.3 Å². The number of nitrogens with one attached hydrogen (secondary N) is 1. The molecule has 3 unspecified atom stereocenters. The number of ketones is 1. The van der Waals surface area contributed by atoms with Crippen molar-refractivity contribution in [3.8, 4) is 17.6 Å². The zero-order chi connectivity index (χ0) is 21.7. The lowest BCUT2D eigenvalue weighted by Crippen LogP contribution is -2.40. The molecule has 7 heteroatoms. The van der Waals surface area contributed by atoms with E-state index in [-0.39, 0.29) is 18.5 Å². The molecule has 3 aliphatic rings. The summed E-state index contributed by atoms with van der Waals surface area (Å²) in [5.74, 6) is 0.469. The van der Waals surface area contributed by atoms with Gasteiger partial charge in [-0.3, -0.25) is 4.79 Å². The van der Waals surface area contributed by atoms with Crippen LogP contribution < -0.4 is 14.8 Å². The van der Waals surface area contributed by atoms with Gasteiger partial charge >= 0.3 is 0 Å². The summed E-state index contributed by atoms with van der Waals surface area (Å²) >= 11 is 9.65. The summed E-state index contributed by atoms with van der Waals surface area (Å²) < 4.78 is 11.8. The third-order valence-electron chi connectivity index (χ3n) is 6.11. The number of nitriles is 1. The normalized spacial score (nSPS) is 24.3. The van der Waals surface area contributed by atoms with E-state index in [9.17, 15) is 10.1 Å². The molecule has 31 heavy (non-hydrogen) atoms. The Morgan fingerprint density at radius 3 is 2.58 bits per heavy atom. The number of ether oxygens (including phenoxy) is 2. The van der Waals surface area contributed by atoms with Gasteiger partial charge in [-0.1, -0.05) is 45.7 Å². The standard InChI is InChI=1S/C24H18BrClN2O3/c1-12-17(10-27)23(16-8-21-22(9-18(16)25)31-11-30-21)24-19(28-12)6-14(7-20(24)29)13-2-4-15(26)5-3-13/h2-6,8-9,14,23-24,28H,7,11H2,1H3. The molecule has 0 radical (unpaired) electrons. The Hall–Kier alpha value is -2.75. The number of carbonyl (C=O) groups is 1. The van der Waals surface area contributed by atoms with Crippen LogP contribution in [0.5, 0.6) is 11.5 Å². The summed E-state index contributed by atoms with van der Waals surface area (Å²) in [6.45, 7) is 2.04. The molecular weight excluding hydrogens is 480 g/mol. The number of Topliss-reactive ketones (excluding diaryl/α,β-unsaturated/α-hetero) is 1. The molecular formula is C24H18BrClN2O3. The lowest BCUT2D eigenvalue weighted by molar-refractivity contribution is -0.123. The zero-order valence-electron chi connectivity index (χ0n) is 16.6. The third kappa shape index (κ3) is 3.42. The number of allylic oxidation sites excluding steroid dienone is 4. The molecule has 2 aliphatic heterocycles. The van der Waals surface area contributed by atoms with Crippen molar-refractivity contribution in [2.45, 2.75) is 25.2 Å². The van der Waals surface area contributed by atoms with Crippen LogP contribution in [0.25, 0.3) is 0 Å². The molecule has 0 saturated heterocycles. The number of hydrogen-bond acceptors (Lipinski definition) is 5. The summed E-state index contributed by atoms with van der Waals surface area (Å²) in [4.78, 5) is 13.5. The molecule has 2 aromatic carbocycles. The average molecular weight is 498 g/mol. The van der Waals surface area contributed by atoms with Crippen LogP contribution in [0, 0.1) is 17.2 Å². The molecule has 1 N–H and O–H groups in total. The minimum atomic E-state index is -0.460. The molecule has 3 atom stereocenters. The maximum Gasteiger partial charge on any atom is 0.231 e. The van der Waals surface area contributed by atoms with Gasteiger partial charge < -0.3 is 14.8 Å². The van der Waals surface area contributed by atoms with E-state index in [1.807, 2.05) is 43.3 Å². The van der Waals surface area contributed by atoms with Crippen LogP contribution in [0.15, 0.2) is 63.9 Å². The van der Waals surface area contributed by atoms with Crippen molar-refractivity contribution in [1.82, 2.24) is 5.32 Å². The minimum Gasteiger partial charge on any atom is -0.454 e. The van der Waals surface area contributed by atoms with E-state index in [1.165, 1.54) is 0 Å². The highest BCUT2D eigenvalue weighted by Gasteiger charge is 2.43. The predicted molar refractivity (Wildman–Crippen MR) is 120 cm³/mol. The number of rotatable bonds is 2. The highest BCUT2D eigenvalue weighted by molar-refractivity contribution is 9.10. The lowest BCUT2D eigenvalue weighted by atomic mass is 9.69. The number of halogens is 2. The maximum atomic E-state index is 13.5. The summed E-state index contributed by atoms with van der Waals surface area (Å²) in [7, 11) is 0. The first-order valence-corrected chi connectivity index (χ1v) is 11.1. The smallest absolute Gasteiger partial charge is 0.231 e. The highest BCUT2D eigenvalue weighted by atomic mass is 79.9. The molecule has 2 heterocycles. The van der Waals surface area contributed by atoms with Gasteiger partial charge in [-0.2, -0.15) is 5.26 Å². The number of nitrogens with zero attached hydrogens (tertiary/aromatic N) is 1. The second kappa shape index (κ2) is 7.74. The minimum absolute atomic E-state index is 0.0409. The zero-order valence-corrected chi connectivity index (χ0v) is 19.0. The van der Waals surface area contributed by atoms with Gasteiger partial charge in [0.25, 0.3) is 0 Å². The monoisotopic (exact) mass is 496 g/mol. The molecule has 0 fully saturated rings. The maximum absolute atomic E-state index is 13.5. The van der Waals surface area contributed by atoms with E-state index in [0.29, 0.717) is 28.5 Å². The quantitative estimate of drug-likeness (QED) is 0.587. The molecule has 156 valence electrons. The van der Waals surface area contributed by atoms with Crippen LogP contribution >= 0.6 is 27.5 Å². The van der Waals surface area contributed by atoms with Gasteiger partial charge in [0.15, 0.2) is 11.5 Å². The van der Waals surface area contributed by atoms with Crippen molar-refractivity contribution >= 4 is 33.3 Å². The average Bonchev–Trinajstić information content (AvgIpc) is 3.19. The highest BCUT2D eigenvalue weighted by Crippen LogP contribution is 2.49. The fraction of sp³-hybridized carbons (Fsp3) is 0.250. The second-order valence-corrected chi connectivity index (χ2v) is 9.20. The number of fused-ring (bicyclic) bond motifs is 2. The van der Waals surface area contributed by atoms with Crippen molar-refractivity contribution in [2.24, 2.45) is 5.92 Å².